The van der Waals surface area contributed by atoms with Crippen LogP contribution in [0.2, 0.25) is 5.02 Å². The zero-order chi connectivity index (χ0) is 13.0. The van der Waals surface area contributed by atoms with Crippen LogP contribution < -0.4 is 10.5 Å². The molecule has 0 heterocycles. The fraction of sp³-hybridized carbons (Fsp3) is 0.333. The first-order valence-corrected chi connectivity index (χ1v) is 5.60. The highest BCUT2D eigenvalue weighted by Gasteiger charge is 2.18. The van der Waals surface area contributed by atoms with Crippen molar-refractivity contribution in [3.8, 4) is 5.75 Å². The van der Waals surface area contributed by atoms with E-state index in [2.05, 4.69) is 0 Å². The lowest BCUT2D eigenvalue weighted by atomic mass is 10.1. The summed E-state index contributed by atoms with van der Waals surface area (Å²) >= 11 is 5.79. The van der Waals surface area contributed by atoms with Crippen molar-refractivity contribution in [3.63, 3.8) is 0 Å². The minimum atomic E-state index is -0.741. The van der Waals surface area contributed by atoms with Gasteiger partial charge in [0.15, 0.2) is 11.9 Å². The van der Waals surface area contributed by atoms with E-state index in [0.29, 0.717) is 22.8 Å². The van der Waals surface area contributed by atoms with Crippen molar-refractivity contribution >= 4 is 23.3 Å². The van der Waals surface area contributed by atoms with E-state index in [-0.39, 0.29) is 5.78 Å². The van der Waals surface area contributed by atoms with Crippen molar-refractivity contribution in [3.05, 3.63) is 28.8 Å². The molecule has 0 saturated carbocycles. The average molecular weight is 256 g/mol. The van der Waals surface area contributed by atoms with Crippen molar-refractivity contribution in [1.82, 2.24) is 0 Å². The second-order valence-electron chi connectivity index (χ2n) is 3.61. The Labute approximate surface area is 105 Å². The SMILES string of the molecule is CCC(Oc1ccc(Cl)cc1C(C)=O)C(N)=O. The van der Waals surface area contributed by atoms with Crippen LogP contribution in [-0.4, -0.2) is 17.8 Å². The molecule has 0 aliphatic heterocycles. The van der Waals surface area contributed by atoms with Crippen molar-refractivity contribution < 1.29 is 14.3 Å². The summed E-state index contributed by atoms with van der Waals surface area (Å²) in [5, 5.41) is 0.440. The van der Waals surface area contributed by atoms with Crippen molar-refractivity contribution in [2.24, 2.45) is 5.73 Å². The molecule has 1 atom stereocenters. The minimum absolute atomic E-state index is 0.179. The van der Waals surface area contributed by atoms with E-state index in [0.717, 1.165) is 0 Å². The Hall–Kier alpha value is -1.55. The van der Waals surface area contributed by atoms with Crippen LogP contribution in [0.4, 0.5) is 0 Å². The summed E-state index contributed by atoms with van der Waals surface area (Å²) in [7, 11) is 0. The third-order valence-corrected chi connectivity index (χ3v) is 2.51. The number of nitrogens with two attached hydrogens (primary N) is 1. The summed E-state index contributed by atoms with van der Waals surface area (Å²) in [6, 6.07) is 4.66. The number of rotatable bonds is 5. The number of halogens is 1. The van der Waals surface area contributed by atoms with E-state index in [9.17, 15) is 9.59 Å². The van der Waals surface area contributed by atoms with Gasteiger partial charge in [0.05, 0.1) is 5.56 Å². The average Bonchev–Trinajstić information content (AvgIpc) is 2.26. The lowest BCUT2D eigenvalue weighted by Gasteiger charge is -2.16. The smallest absolute Gasteiger partial charge is 0.258 e. The number of primary amides is 1. The zero-order valence-corrected chi connectivity index (χ0v) is 10.5. The normalized spacial score (nSPS) is 11.9. The van der Waals surface area contributed by atoms with Crippen LogP contribution in [-0.2, 0) is 4.79 Å². The number of amides is 1. The first-order chi connectivity index (χ1) is 7.95. The van der Waals surface area contributed by atoms with Crippen molar-refractivity contribution in [2.45, 2.75) is 26.4 Å². The van der Waals surface area contributed by atoms with Gasteiger partial charge < -0.3 is 10.5 Å². The monoisotopic (exact) mass is 255 g/mol. The van der Waals surface area contributed by atoms with E-state index in [1.165, 1.54) is 13.0 Å². The highest BCUT2D eigenvalue weighted by atomic mass is 35.5. The van der Waals surface area contributed by atoms with E-state index in [4.69, 9.17) is 22.1 Å². The Morgan fingerprint density at radius 1 is 1.47 bits per heavy atom. The number of carbonyl (C=O) groups excluding carboxylic acids is 2. The largest absolute Gasteiger partial charge is 0.480 e. The first-order valence-electron chi connectivity index (χ1n) is 5.22. The molecule has 1 amide bonds. The van der Waals surface area contributed by atoms with Crippen LogP contribution in [0.15, 0.2) is 18.2 Å². The Morgan fingerprint density at radius 2 is 2.12 bits per heavy atom. The maximum Gasteiger partial charge on any atom is 0.258 e. The molecule has 0 saturated heterocycles. The maximum atomic E-state index is 11.4. The molecular formula is C12H14ClNO3. The van der Waals surface area contributed by atoms with Gasteiger partial charge in [-0.2, -0.15) is 0 Å². The molecule has 0 aromatic heterocycles. The fourth-order valence-electron chi connectivity index (χ4n) is 1.38. The molecule has 1 aromatic rings. The van der Waals surface area contributed by atoms with Gasteiger partial charge in [-0.3, -0.25) is 9.59 Å². The molecule has 0 aliphatic rings. The molecule has 1 unspecified atom stereocenters. The summed E-state index contributed by atoms with van der Waals surface area (Å²) in [6.07, 6.45) is -0.302. The molecular weight excluding hydrogens is 242 g/mol. The Kier molecular flexibility index (Phi) is 4.52. The van der Waals surface area contributed by atoms with Gasteiger partial charge in [-0.05, 0) is 31.5 Å². The maximum absolute atomic E-state index is 11.4. The number of hydrogen-bond donors (Lipinski definition) is 1. The molecule has 4 nitrogen and oxygen atoms in total. The van der Waals surface area contributed by atoms with Gasteiger partial charge >= 0.3 is 0 Å². The first kappa shape index (κ1) is 13.5. The molecule has 0 fully saturated rings. The van der Waals surface area contributed by atoms with Gasteiger partial charge in [-0.25, -0.2) is 0 Å². The minimum Gasteiger partial charge on any atom is -0.480 e. The standard InChI is InChI=1S/C12H14ClNO3/c1-3-10(12(14)16)17-11-5-4-8(13)6-9(11)7(2)15/h4-6,10H,3H2,1-2H3,(H2,14,16). The highest BCUT2D eigenvalue weighted by molar-refractivity contribution is 6.31. The van der Waals surface area contributed by atoms with Gasteiger partial charge in [-0.15, -0.1) is 0 Å². The lowest BCUT2D eigenvalue weighted by molar-refractivity contribution is -0.124. The number of ether oxygens (including phenoxy) is 1. The topological polar surface area (TPSA) is 69.4 Å². The van der Waals surface area contributed by atoms with Crippen LogP contribution in [0.3, 0.4) is 0 Å². The molecule has 1 aromatic carbocycles. The fourth-order valence-corrected chi connectivity index (χ4v) is 1.55. The number of ketones is 1. The van der Waals surface area contributed by atoms with Crippen LogP contribution >= 0.6 is 11.6 Å². The predicted octanol–water partition coefficient (Wildman–Crippen LogP) is 2.19. The molecule has 5 heteroatoms. The van der Waals surface area contributed by atoms with Crippen molar-refractivity contribution in [2.75, 3.05) is 0 Å². The van der Waals surface area contributed by atoms with Crippen molar-refractivity contribution in [1.29, 1.82) is 0 Å². The van der Waals surface area contributed by atoms with Gasteiger partial charge in [0.1, 0.15) is 5.75 Å². The Balaban J connectivity index is 3.05. The molecule has 92 valence electrons. The van der Waals surface area contributed by atoms with Crippen LogP contribution in [0.5, 0.6) is 5.75 Å². The molecule has 0 spiro atoms. The molecule has 1 rings (SSSR count). The molecule has 17 heavy (non-hydrogen) atoms. The second-order valence-corrected chi connectivity index (χ2v) is 4.05. The highest BCUT2D eigenvalue weighted by Crippen LogP contribution is 2.24. The van der Waals surface area contributed by atoms with Gasteiger partial charge in [-0.1, -0.05) is 18.5 Å². The van der Waals surface area contributed by atoms with Gasteiger partial charge in [0, 0.05) is 5.02 Å². The van der Waals surface area contributed by atoms with E-state index >= 15 is 0 Å². The lowest BCUT2D eigenvalue weighted by Crippen LogP contribution is -2.33. The second kappa shape index (κ2) is 5.68. The molecule has 0 aliphatic carbocycles. The summed E-state index contributed by atoms with van der Waals surface area (Å²) < 4.78 is 5.42. The number of carbonyl (C=O) groups is 2. The van der Waals surface area contributed by atoms with Crippen LogP contribution in [0, 0.1) is 0 Å². The van der Waals surface area contributed by atoms with E-state index < -0.39 is 12.0 Å². The molecule has 0 bridgehead atoms. The van der Waals surface area contributed by atoms with E-state index in [1.807, 2.05) is 0 Å². The number of benzene rings is 1. The molecule has 2 N–H and O–H groups in total. The van der Waals surface area contributed by atoms with Crippen LogP contribution in [0.1, 0.15) is 30.6 Å². The summed E-state index contributed by atoms with van der Waals surface area (Å²) in [5.74, 6) is -0.411. The number of hydrogen-bond acceptors (Lipinski definition) is 3. The third kappa shape index (κ3) is 3.46. The van der Waals surface area contributed by atoms with Gasteiger partial charge in [0.2, 0.25) is 0 Å². The summed E-state index contributed by atoms with van der Waals surface area (Å²) in [5.41, 5.74) is 5.52. The Bertz CT molecular complexity index is 445. The molecule has 0 radical (unpaired) electrons. The quantitative estimate of drug-likeness (QED) is 0.820. The summed E-state index contributed by atoms with van der Waals surface area (Å²) in [6.45, 7) is 3.18. The summed E-state index contributed by atoms with van der Waals surface area (Å²) in [4.78, 5) is 22.5. The Morgan fingerprint density at radius 3 is 2.59 bits per heavy atom. The zero-order valence-electron chi connectivity index (χ0n) is 9.70. The van der Waals surface area contributed by atoms with Gasteiger partial charge in [0.25, 0.3) is 5.91 Å². The third-order valence-electron chi connectivity index (χ3n) is 2.28. The number of Topliss-reactive ketones (excluding diaryl/α,β-unsaturated/α-hetero) is 1. The predicted molar refractivity (Wildman–Crippen MR) is 65.4 cm³/mol. The van der Waals surface area contributed by atoms with E-state index in [1.54, 1.807) is 19.1 Å². The van der Waals surface area contributed by atoms with Crippen LogP contribution in [0.25, 0.3) is 0 Å².